The lowest BCUT2D eigenvalue weighted by Gasteiger charge is -1.97. The molecule has 0 spiro atoms. The Morgan fingerprint density at radius 1 is 1.31 bits per heavy atom. The van der Waals surface area contributed by atoms with Crippen LogP contribution in [0, 0.1) is 5.82 Å². The van der Waals surface area contributed by atoms with E-state index in [9.17, 15) is 9.18 Å². The lowest BCUT2D eigenvalue weighted by Crippen LogP contribution is -2.31. The molecule has 78 valence electrons. The van der Waals surface area contributed by atoms with Gasteiger partial charge in [-0.1, -0.05) is 0 Å². The van der Waals surface area contributed by atoms with E-state index in [0.717, 1.165) is 16.8 Å². The van der Waals surface area contributed by atoms with Gasteiger partial charge in [-0.2, -0.15) is 4.57 Å². The summed E-state index contributed by atoms with van der Waals surface area (Å²) in [6.45, 7) is 0.668. The van der Waals surface area contributed by atoms with Gasteiger partial charge in [0.15, 0.2) is 19.0 Å². The number of aromatic nitrogens is 1. The van der Waals surface area contributed by atoms with Crippen molar-refractivity contribution in [3.8, 4) is 11.3 Å². The fourth-order valence-corrected chi connectivity index (χ4v) is 2.13. The monoisotopic (exact) mass is 214 g/mol. The molecule has 1 aromatic carbocycles. The maximum atomic E-state index is 13.4. The standard InChI is InChI=1S/C13H9FNO/c14-12-6-9-7-15-4-2-1-3-13(15)11(9)5-10(12)8-16/h1-6,8H,7H2/q+1. The maximum absolute atomic E-state index is 13.4. The van der Waals surface area contributed by atoms with Crippen molar-refractivity contribution in [3.05, 3.63) is 53.5 Å². The summed E-state index contributed by atoms with van der Waals surface area (Å²) < 4.78 is 15.5. The molecule has 0 fully saturated rings. The van der Waals surface area contributed by atoms with Crippen LogP contribution in [0.25, 0.3) is 11.3 Å². The van der Waals surface area contributed by atoms with Crippen LogP contribution >= 0.6 is 0 Å². The number of nitrogens with zero attached hydrogens (tertiary/aromatic N) is 1. The van der Waals surface area contributed by atoms with Gasteiger partial charge in [-0.25, -0.2) is 4.39 Å². The molecular formula is C13H9FNO+. The van der Waals surface area contributed by atoms with Crippen LogP contribution < -0.4 is 4.57 Å². The molecule has 0 radical (unpaired) electrons. The Balaban J connectivity index is 2.28. The van der Waals surface area contributed by atoms with Crippen molar-refractivity contribution in [1.82, 2.24) is 0 Å². The van der Waals surface area contributed by atoms with Crippen LogP contribution in [0.4, 0.5) is 4.39 Å². The third-order valence-corrected chi connectivity index (χ3v) is 2.91. The predicted molar refractivity (Wildman–Crippen MR) is 56.5 cm³/mol. The Morgan fingerprint density at radius 3 is 3.00 bits per heavy atom. The summed E-state index contributed by atoms with van der Waals surface area (Å²) in [5.74, 6) is -0.442. The van der Waals surface area contributed by atoms with E-state index in [2.05, 4.69) is 0 Å². The van der Waals surface area contributed by atoms with E-state index in [4.69, 9.17) is 0 Å². The highest BCUT2D eigenvalue weighted by Crippen LogP contribution is 2.28. The second-order valence-corrected chi connectivity index (χ2v) is 3.86. The molecule has 1 aromatic heterocycles. The van der Waals surface area contributed by atoms with Gasteiger partial charge in [-0.3, -0.25) is 4.79 Å². The zero-order chi connectivity index (χ0) is 11.1. The molecule has 0 bridgehead atoms. The number of fused-ring (bicyclic) bond motifs is 3. The van der Waals surface area contributed by atoms with E-state index in [1.54, 1.807) is 6.07 Å². The molecule has 1 aliphatic rings. The van der Waals surface area contributed by atoms with E-state index in [-0.39, 0.29) is 5.56 Å². The van der Waals surface area contributed by atoms with Gasteiger partial charge >= 0.3 is 0 Å². The first-order valence-electron chi connectivity index (χ1n) is 5.06. The number of pyridine rings is 1. The van der Waals surface area contributed by atoms with Crippen LogP contribution in [-0.4, -0.2) is 6.29 Å². The van der Waals surface area contributed by atoms with Crippen molar-refractivity contribution in [3.63, 3.8) is 0 Å². The molecule has 2 aromatic rings. The largest absolute Gasteiger partial charge is 0.298 e. The summed E-state index contributed by atoms with van der Waals surface area (Å²) in [5, 5.41) is 0. The van der Waals surface area contributed by atoms with Crippen LogP contribution in [0.15, 0.2) is 36.5 Å². The normalized spacial score (nSPS) is 12.1. The molecule has 0 aliphatic carbocycles. The van der Waals surface area contributed by atoms with Crippen LogP contribution in [0.2, 0.25) is 0 Å². The van der Waals surface area contributed by atoms with E-state index in [1.807, 2.05) is 29.0 Å². The molecule has 0 saturated heterocycles. The summed E-state index contributed by atoms with van der Waals surface area (Å²) in [4.78, 5) is 10.7. The third-order valence-electron chi connectivity index (χ3n) is 2.91. The van der Waals surface area contributed by atoms with Gasteiger partial charge in [-0.15, -0.1) is 0 Å². The molecule has 0 N–H and O–H groups in total. The summed E-state index contributed by atoms with van der Waals surface area (Å²) in [7, 11) is 0. The van der Waals surface area contributed by atoms with Gasteiger partial charge in [0, 0.05) is 17.7 Å². The Kier molecular flexibility index (Phi) is 1.86. The summed E-state index contributed by atoms with van der Waals surface area (Å²) in [6, 6.07) is 8.91. The number of rotatable bonds is 1. The minimum Gasteiger partial charge on any atom is -0.298 e. The van der Waals surface area contributed by atoms with Crippen LogP contribution in [-0.2, 0) is 6.54 Å². The van der Waals surface area contributed by atoms with Crippen molar-refractivity contribution in [2.24, 2.45) is 0 Å². The van der Waals surface area contributed by atoms with Crippen molar-refractivity contribution >= 4 is 6.29 Å². The molecule has 0 saturated carbocycles. The van der Waals surface area contributed by atoms with Gasteiger partial charge in [0.05, 0.1) is 11.1 Å². The van der Waals surface area contributed by atoms with Gasteiger partial charge in [0.25, 0.3) is 0 Å². The van der Waals surface area contributed by atoms with E-state index in [0.29, 0.717) is 12.8 Å². The number of benzene rings is 1. The predicted octanol–water partition coefficient (Wildman–Crippen LogP) is 1.95. The Bertz CT molecular complexity index is 592. The SMILES string of the molecule is O=Cc1cc2c(cc1F)C[n+]1ccccc1-2. The molecule has 2 heterocycles. The van der Waals surface area contributed by atoms with Crippen LogP contribution in [0.3, 0.4) is 0 Å². The van der Waals surface area contributed by atoms with Crippen LogP contribution in [0.5, 0.6) is 0 Å². The molecular weight excluding hydrogens is 205 g/mol. The van der Waals surface area contributed by atoms with Crippen molar-refractivity contribution < 1.29 is 13.8 Å². The van der Waals surface area contributed by atoms with Gasteiger partial charge in [0.2, 0.25) is 5.69 Å². The molecule has 3 rings (SSSR count). The second kappa shape index (κ2) is 3.23. The molecule has 16 heavy (non-hydrogen) atoms. The Morgan fingerprint density at radius 2 is 2.19 bits per heavy atom. The first-order valence-corrected chi connectivity index (χ1v) is 5.06. The highest BCUT2D eigenvalue weighted by Gasteiger charge is 2.26. The second-order valence-electron chi connectivity index (χ2n) is 3.86. The Hall–Kier alpha value is -2.03. The number of aldehydes is 1. The Labute approximate surface area is 92.0 Å². The molecule has 3 heteroatoms. The quantitative estimate of drug-likeness (QED) is 0.448. The summed E-state index contributed by atoms with van der Waals surface area (Å²) >= 11 is 0. The fourth-order valence-electron chi connectivity index (χ4n) is 2.13. The van der Waals surface area contributed by atoms with E-state index in [1.165, 1.54) is 6.07 Å². The maximum Gasteiger partial charge on any atom is 0.213 e. The summed E-state index contributed by atoms with van der Waals surface area (Å²) in [6.07, 6.45) is 2.51. The average Bonchev–Trinajstić information content (AvgIpc) is 2.65. The molecule has 0 atom stereocenters. The number of hydrogen-bond donors (Lipinski definition) is 0. The van der Waals surface area contributed by atoms with Gasteiger partial charge < -0.3 is 0 Å². The van der Waals surface area contributed by atoms with Crippen LogP contribution in [0.1, 0.15) is 15.9 Å². The van der Waals surface area contributed by atoms with E-state index >= 15 is 0 Å². The highest BCUT2D eigenvalue weighted by atomic mass is 19.1. The topological polar surface area (TPSA) is 20.9 Å². The van der Waals surface area contributed by atoms with Crippen molar-refractivity contribution in [1.29, 1.82) is 0 Å². The first kappa shape index (κ1) is 9.21. The number of carbonyl (C=O) groups is 1. The minimum absolute atomic E-state index is 0.121. The molecule has 0 amide bonds. The smallest absolute Gasteiger partial charge is 0.213 e. The third kappa shape index (κ3) is 1.18. The first-order chi connectivity index (χ1) is 7.79. The average molecular weight is 214 g/mol. The molecule has 0 unspecified atom stereocenters. The molecule has 1 aliphatic heterocycles. The lowest BCUT2D eigenvalue weighted by molar-refractivity contribution is -0.672. The zero-order valence-corrected chi connectivity index (χ0v) is 8.48. The lowest BCUT2D eigenvalue weighted by atomic mass is 10.0. The molecule has 2 nitrogen and oxygen atoms in total. The van der Waals surface area contributed by atoms with Gasteiger partial charge in [-0.05, 0) is 18.2 Å². The summed E-state index contributed by atoms with van der Waals surface area (Å²) in [5.41, 5.74) is 3.02. The van der Waals surface area contributed by atoms with Crippen molar-refractivity contribution in [2.75, 3.05) is 0 Å². The minimum atomic E-state index is -0.442. The van der Waals surface area contributed by atoms with Crippen molar-refractivity contribution in [2.45, 2.75) is 6.54 Å². The number of hydrogen-bond acceptors (Lipinski definition) is 1. The zero-order valence-electron chi connectivity index (χ0n) is 8.48. The highest BCUT2D eigenvalue weighted by molar-refractivity contribution is 5.79. The number of carbonyl (C=O) groups excluding carboxylic acids is 1. The van der Waals surface area contributed by atoms with Gasteiger partial charge in [0.1, 0.15) is 5.82 Å². The van der Waals surface area contributed by atoms with E-state index < -0.39 is 5.82 Å². The fraction of sp³-hybridized carbons (Fsp3) is 0.0769. The number of halogens is 1.